The number of aromatic nitrogens is 1. The molecule has 2 fully saturated rings. The van der Waals surface area contributed by atoms with Crippen LogP contribution in [0.4, 0.5) is 4.79 Å². The Labute approximate surface area is 250 Å². The van der Waals surface area contributed by atoms with E-state index >= 15 is 0 Å². The Bertz CT molecular complexity index is 1470. The van der Waals surface area contributed by atoms with Crippen LogP contribution >= 0.6 is 0 Å². The molecule has 5 atom stereocenters. The maximum Gasteiger partial charge on any atom is 0.412 e. The van der Waals surface area contributed by atoms with E-state index < -0.39 is 58.9 Å². The molecular weight excluding hydrogens is 556 g/mol. The van der Waals surface area contributed by atoms with E-state index in [9.17, 15) is 24.3 Å². The van der Waals surface area contributed by atoms with Gasteiger partial charge in [0.2, 0.25) is 17.7 Å². The molecule has 1 saturated carbocycles. The summed E-state index contributed by atoms with van der Waals surface area (Å²) in [4.78, 5) is 58.1. The van der Waals surface area contributed by atoms with E-state index in [1.165, 1.54) is 17.9 Å². The van der Waals surface area contributed by atoms with Crippen LogP contribution < -0.4 is 20.1 Å². The van der Waals surface area contributed by atoms with Crippen molar-refractivity contribution >= 4 is 34.6 Å². The van der Waals surface area contributed by atoms with Gasteiger partial charge in [0.1, 0.15) is 29.5 Å². The summed E-state index contributed by atoms with van der Waals surface area (Å²) in [7, 11) is 1.57. The number of carbonyl (C=O) groups is 4. The van der Waals surface area contributed by atoms with Crippen LogP contribution in [0.15, 0.2) is 55.5 Å². The van der Waals surface area contributed by atoms with Gasteiger partial charge in [-0.25, -0.2) is 14.6 Å². The van der Waals surface area contributed by atoms with Gasteiger partial charge in [0, 0.05) is 23.9 Å². The monoisotopic (exact) mass is 594 g/mol. The molecule has 1 aliphatic carbocycles. The number of hydrogen-bond donors (Lipinski definition) is 3. The van der Waals surface area contributed by atoms with Crippen molar-refractivity contribution in [3.8, 4) is 11.6 Å². The Hall–Kier alpha value is -4.61. The van der Waals surface area contributed by atoms with Crippen molar-refractivity contribution in [3.63, 3.8) is 0 Å². The summed E-state index contributed by atoms with van der Waals surface area (Å²) in [6, 6.07) is 5.06. The van der Waals surface area contributed by atoms with Crippen LogP contribution in [0.5, 0.6) is 11.6 Å². The number of nitrogens with one attached hydrogen (secondary N) is 2. The highest BCUT2D eigenvalue weighted by Gasteiger charge is 2.61. The fraction of sp³-hybridized carbons (Fsp3) is 0.452. The number of amides is 3. The van der Waals surface area contributed by atoms with Crippen molar-refractivity contribution in [2.45, 2.75) is 64.3 Å². The number of hydrogen-bond acceptors (Lipinski definition) is 8. The Morgan fingerprint density at radius 3 is 2.53 bits per heavy atom. The third-order valence-electron chi connectivity index (χ3n) is 7.73. The minimum Gasteiger partial charge on any atom is -0.497 e. The number of nitrogens with zero attached hydrogens (tertiary/aromatic N) is 2. The molecule has 2 aromatic rings. The number of carboxylic acids is 1. The van der Waals surface area contributed by atoms with Crippen molar-refractivity contribution in [1.82, 2.24) is 20.5 Å². The zero-order valence-electron chi connectivity index (χ0n) is 25.0. The van der Waals surface area contributed by atoms with Crippen LogP contribution in [0, 0.1) is 11.3 Å². The molecule has 43 heavy (non-hydrogen) atoms. The number of likely N-dealkylation sites (tertiary alicyclic amines) is 1. The predicted octanol–water partition coefficient (Wildman–Crippen LogP) is 3.41. The third kappa shape index (κ3) is 6.58. The summed E-state index contributed by atoms with van der Waals surface area (Å²) in [5, 5.41) is 16.7. The Morgan fingerprint density at radius 1 is 1.23 bits per heavy atom. The van der Waals surface area contributed by atoms with Gasteiger partial charge < -0.3 is 34.9 Å². The molecule has 1 aliphatic heterocycles. The Balaban J connectivity index is 1.65. The molecule has 12 heteroatoms. The quantitative estimate of drug-likeness (QED) is 0.277. The number of carboxylic acid groups (broad SMARTS) is 1. The van der Waals surface area contributed by atoms with Gasteiger partial charge in [0.25, 0.3) is 0 Å². The van der Waals surface area contributed by atoms with Crippen LogP contribution in [0.3, 0.4) is 0 Å². The highest BCUT2D eigenvalue weighted by molar-refractivity contribution is 5.96. The lowest BCUT2D eigenvalue weighted by atomic mass is 9.85. The topological polar surface area (TPSA) is 156 Å². The summed E-state index contributed by atoms with van der Waals surface area (Å²) in [5.74, 6) is -1.69. The maximum absolute atomic E-state index is 14.1. The molecule has 1 unspecified atom stereocenters. The maximum atomic E-state index is 14.1. The van der Waals surface area contributed by atoms with E-state index in [1.54, 1.807) is 40.1 Å². The van der Waals surface area contributed by atoms with Crippen molar-refractivity contribution in [3.05, 3.63) is 55.5 Å². The first-order valence-electron chi connectivity index (χ1n) is 13.9. The van der Waals surface area contributed by atoms with Crippen molar-refractivity contribution in [2.24, 2.45) is 11.3 Å². The number of ether oxygens (including phenoxy) is 3. The van der Waals surface area contributed by atoms with E-state index in [0.717, 1.165) is 5.39 Å². The Kier molecular flexibility index (Phi) is 8.70. The fourth-order valence-corrected chi connectivity index (χ4v) is 5.32. The summed E-state index contributed by atoms with van der Waals surface area (Å²) < 4.78 is 16.6. The molecule has 1 saturated heterocycles. The molecule has 3 N–H and O–H groups in total. The van der Waals surface area contributed by atoms with Gasteiger partial charge in [-0.15, -0.1) is 6.58 Å². The Morgan fingerprint density at radius 2 is 1.95 bits per heavy atom. The first kappa shape index (κ1) is 31.3. The fourth-order valence-electron chi connectivity index (χ4n) is 5.32. The van der Waals surface area contributed by atoms with Gasteiger partial charge in [-0.2, -0.15) is 0 Å². The van der Waals surface area contributed by atoms with Crippen LogP contribution in [0.25, 0.3) is 10.8 Å². The minimum atomic E-state index is -1.49. The van der Waals surface area contributed by atoms with E-state index in [4.69, 9.17) is 14.2 Å². The van der Waals surface area contributed by atoms with Gasteiger partial charge in [-0.3, -0.25) is 9.59 Å². The van der Waals surface area contributed by atoms with Crippen molar-refractivity contribution < 1.29 is 38.5 Å². The summed E-state index contributed by atoms with van der Waals surface area (Å²) in [6.45, 7) is 14.0. The number of allylic oxidation sites excluding steroid dienone is 1. The van der Waals surface area contributed by atoms with Gasteiger partial charge >= 0.3 is 12.1 Å². The van der Waals surface area contributed by atoms with E-state index in [-0.39, 0.29) is 25.1 Å². The normalized spacial score (nSPS) is 23.6. The lowest BCUT2D eigenvalue weighted by Crippen LogP contribution is -2.59. The van der Waals surface area contributed by atoms with Gasteiger partial charge in [-0.1, -0.05) is 33.4 Å². The SMILES string of the molecule is C=CC1C[C@]1(NC(=O)[C@@H]1C[C@@H](Oc2nccc3cc(OC)ccc23)CN1C(=O)[C@@H](NC(=O)OC(=C)C)C(C)(C)C)C(=O)O. The first-order valence-corrected chi connectivity index (χ1v) is 13.9. The second-order valence-corrected chi connectivity index (χ2v) is 12.0. The first-order chi connectivity index (χ1) is 20.2. The molecule has 12 nitrogen and oxygen atoms in total. The number of aliphatic carboxylic acids is 1. The van der Waals surface area contributed by atoms with E-state index in [0.29, 0.717) is 17.0 Å². The molecule has 2 aliphatic rings. The largest absolute Gasteiger partial charge is 0.497 e. The van der Waals surface area contributed by atoms with Gasteiger partial charge in [0.05, 0.1) is 19.4 Å². The average Bonchev–Trinajstić information content (AvgIpc) is 3.50. The number of benzene rings is 1. The third-order valence-corrected chi connectivity index (χ3v) is 7.73. The van der Waals surface area contributed by atoms with Crippen LogP contribution in [0.1, 0.15) is 40.5 Å². The average molecular weight is 595 g/mol. The minimum absolute atomic E-state index is 0.0140. The molecule has 0 bridgehead atoms. The lowest BCUT2D eigenvalue weighted by Gasteiger charge is -2.35. The van der Waals surface area contributed by atoms with Crippen LogP contribution in [-0.4, -0.2) is 76.2 Å². The van der Waals surface area contributed by atoms with Crippen molar-refractivity contribution in [1.29, 1.82) is 0 Å². The highest BCUT2D eigenvalue weighted by Crippen LogP contribution is 2.45. The zero-order valence-corrected chi connectivity index (χ0v) is 25.0. The standard InChI is InChI=1S/C31H38N4O8/c1-8-19-15-31(19,28(38)39)34-25(36)23-14-21(43-26-22-10-9-20(41-7)13-18(22)11-12-32-26)16-35(23)27(37)24(30(4,5)6)33-29(40)42-17(2)3/h8-13,19,21,23-24H,1-2,14-16H2,3-7H3,(H,33,40)(H,34,36)(H,38,39)/t19?,21-,23+,24-,31-/m1/s1. The van der Waals surface area contributed by atoms with E-state index in [1.807, 2.05) is 18.2 Å². The molecule has 0 spiro atoms. The predicted molar refractivity (Wildman–Crippen MR) is 157 cm³/mol. The summed E-state index contributed by atoms with van der Waals surface area (Å²) >= 11 is 0. The number of alkyl carbamates (subject to hydrolysis) is 1. The number of pyridine rings is 1. The lowest BCUT2D eigenvalue weighted by molar-refractivity contribution is -0.146. The zero-order chi connectivity index (χ0) is 31.7. The summed E-state index contributed by atoms with van der Waals surface area (Å²) in [6.07, 6.45) is 1.81. The number of rotatable bonds is 10. The molecule has 1 aromatic heterocycles. The number of fused-ring (bicyclic) bond motifs is 1. The summed E-state index contributed by atoms with van der Waals surface area (Å²) in [5.41, 5.74) is -2.27. The molecule has 230 valence electrons. The van der Waals surface area contributed by atoms with Gasteiger partial charge in [0.15, 0.2) is 0 Å². The van der Waals surface area contributed by atoms with Crippen molar-refractivity contribution in [2.75, 3.05) is 13.7 Å². The molecule has 1 aromatic carbocycles. The van der Waals surface area contributed by atoms with E-state index in [2.05, 4.69) is 28.8 Å². The second kappa shape index (κ2) is 11.9. The molecular formula is C31H38N4O8. The number of carbonyl (C=O) groups excluding carboxylic acids is 3. The van der Waals surface area contributed by atoms with Crippen LogP contribution in [-0.2, 0) is 19.1 Å². The smallest absolute Gasteiger partial charge is 0.412 e. The highest BCUT2D eigenvalue weighted by atomic mass is 16.6. The molecule has 2 heterocycles. The number of methoxy groups -OCH3 is 1. The van der Waals surface area contributed by atoms with Gasteiger partial charge in [-0.05, 0) is 48.4 Å². The van der Waals surface area contributed by atoms with Crippen LogP contribution in [0.2, 0.25) is 0 Å². The second-order valence-electron chi connectivity index (χ2n) is 12.0. The molecule has 4 rings (SSSR count). The molecule has 3 amide bonds. The molecule has 0 radical (unpaired) electrons.